The number of pyridine rings is 1. The number of hydrogen-bond acceptors (Lipinski definition) is 4. The van der Waals surface area contributed by atoms with Crippen LogP contribution in [0.15, 0.2) is 35.1 Å². The quantitative estimate of drug-likeness (QED) is 0.920. The van der Waals surface area contributed by atoms with Crippen molar-refractivity contribution in [3.05, 3.63) is 52.3 Å². The summed E-state index contributed by atoms with van der Waals surface area (Å²) in [7, 11) is 0. The minimum Gasteiger partial charge on any atom is -0.309 e. The van der Waals surface area contributed by atoms with Crippen LogP contribution in [-0.2, 0) is 6.42 Å². The largest absolute Gasteiger partial charge is 0.309 e. The van der Waals surface area contributed by atoms with Gasteiger partial charge in [-0.1, -0.05) is 6.92 Å². The Morgan fingerprint density at radius 3 is 2.74 bits per heavy atom. The van der Waals surface area contributed by atoms with Crippen molar-refractivity contribution in [2.45, 2.75) is 26.3 Å². The highest BCUT2D eigenvalue weighted by molar-refractivity contribution is 9.10. The second kappa shape index (κ2) is 6.73. The number of nitrogens with zero attached hydrogens (tertiary/aromatic N) is 3. The molecule has 1 atom stereocenters. The van der Waals surface area contributed by atoms with Gasteiger partial charge in [-0.3, -0.25) is 4.98 Å². The van der Waals surface area contributed by atoms with Gasteiger partial charge in [0.05, 0.1) is 11.7 Å². The molecular weight excluding hydrogens is 304 g/mol. The van der Waals surface area contributed by atoms with E-state index in [1.165, 1.54) is 0 Å². The van der Waals surface area contributed by atoms with E-state index in [4.69, 9.17) is 0 Å². The van der Waals surface area contributed by atoms with E-state index < -0.39 is 0 Å². The Hall–Kier alpha value is -1.33. The molecule has 19 heavy (non-hydrogen) atoms. The van der Waals surface area contributed by atoms with Gasteiger partial charge in [-0.15, -0.1) is 0 Å². The molecule has 0 aromatic carbocycles. The molecule has 2 aromatic heterocycles. The van der Waals surface area contributed by atoms with Crippen molar-refractivity contribution in [1.29, 1.82) is 0 Å². The maximum Gasteiger partial charge on any atom is 0.125 e. The average Bonchev–Trinajstić information content (AvgIpc) is 2.41. The molecule has 0 amide bonds. The fourth-order valence-electron chi connectivity index (χ4n) is 1.93. The molecule has 0 spiro atoms. The topological polar surface area (TPSA) is 50.7 Å². The molecule has 0 radical (unpaired) electrons. The van der Waals surface area contributed by atoms with Crippen LogP contribution in [0.25, 0.3) is 0 Å². The first-order valence-electron chi connectivity index (χ1n) is 6.32. The number of hydrogen-bond donors (Lipinski definition) is 1. The molecule has 1 N–H and O–H groups in total. The third-order valence-corrected chi connectivity index (χ3v) is 3.28. The van der Waals surface area contributed by atoms with Gasteiger partial charge in [-0.2, -0.15) is 0 Å². The summed E-state index contributed by atoms with van der Waals surface area (Å²) in [6.45, 7) is 4.89. The van der Waals surface area contributed by atoms with E-state index in [0.29, 0.717) is 0 Å². The van der Waals surface area contributed by atoms with Crippen LogP contribution in [0, 0.1) is 6.92 Å². The van der Waals surface area contributed by atoms with Crippen LogP contribution in [0.2, 0.25) is 0 Å². The molecule has 0 aliphatic carbocycles. The lowest BCUT2D eigenvalue weighted by Gasteiger charge is -2.17. The van der Waals surface area contributed by atoms with Gasteiger partial charge in [-0.05, 0) is 47.6 Å². The molecule has 2 heterocycles. The molecule has 0 fully saturated rings. The minimum atomic E-state index is 0.167. The molecule has 4 nitrogen and oxygen atoms in total. The molecule has 0 aliphatic heterocycles. The van der Waals surface area contributed by atoms with E-state index in [0.717, 1.165) is 34.7 Å². The smallest absolute Gasteiger partial charge is 0.125 e. The predicted octanol–water partition coefficient (Wildman–Crippen LogP) is 2.84. The lowest BCUT2D eigenvalue weighted by Crippen LogP contribution is -2.24. The molecule has 0 aliphatic rings. The molecule has 1 unspecified atom stereocenters. The van der Waals surface area contributed by atoms with E-state index >= 15 is 0 Å². The first kappa shape index (κ1) is 14.1. The van der Waals surface area contributed by atoms with E-state index in [9.17, 15) is 0 Å². The standard InChI is InChI=1S/C14H17BrN4/c1-3-16-14(13-6-7-17-10(2)19-13)8-12-5-4-11(15)9-18-12/h4-7,9,14,16H,3,8H2,1-2H3. The van der Waals surface area contributed by atoms with Gasteiger partial charge in [-0.25, -0.2) is 9.97 Å². The van der Waals surface area contributed by atoms with Crippen LogP contribution in [0.3, 0.4) is 0 Å². The van der Waals surface area contributed by atoms with Crippen LogP contribution in [-0.4, -0.2) is 21.5 Å². The number of halogens is 1. The summed E-state index contributed by atoms with van der Waals surface area (Å²) in [4.78, 5) is 13.1. The second-order valence-corrected chi connectivity index (χ2v) is 5.23. The van der Waals surface area contributed by atoms with Gasteiger partial charge < -0.3 is 5.32 Å². The molecule has 0 saturated carbocycles. The zero-order valence-corrected chi connectivity index (χ0v) is 12.7. The second-order valence-electron chi connectivity index (χ2n) is 4.31. The highest BCUT2D eigenvalue weighted by Gasteiger charge is 2.13. The van der Waals surface area contributed by atoms with Crippen LogP contribution in [0.5, 0.6) is 0 Å². The Balaban J connectivity index is 2.18. The predicted molar refractivity (Wildman–Crippen MR) is 78.8 cm³/mol. The number of aromatic nitrogens is 3. The summed E-state index contributed by atoms with van der Waals surface area (Å²) >= 11 is 3.40. The first-order chi connectivity index (χ1) is 9.19. The molecule has 5 heteroatoms. The molecular formula is C14H17BrN4. The van der Waals surface area contributed by atoms with Crippen molar-refractivity contribution in [2.75, 3.05) is 6.54 Å². The lowest BCUT2D eigenvalue weighted by atomic mass is 10.1. The van der Waals surface area contributed by atoms with Gasteiger partial charge in [0, 0.05) is 29.0 Å². The van der Waals surface area contributed by atoms with Gasteiger partial charge in [0.15, 0.2) is 0 Å². The Morgan fingerprint density at radius 2 is 2.11 bits per heavy atom. The number of likely N-dealkylation sites (N-methyl/N-ethyl adjacent to an activating group) is 1. The van der Waals surface area contributed by atoms with E-state index in [1.807, 2.05) is 31.3 Å². The van der Waals surface area contributed by atoms with Gasteiger partial charge in [0.2, 0.25) is 0 Å². The summed E-state index contributed by atoms with van der Waals surface area (Å²) < 4.78 is 0.995. The SMILES string of the molecule is CCNC(Cc1ccc(Br)cn1)c1ccnc(C)n1. The number of aryl methyl sites for hydroxylation is 1. The fourth-order valence-corrected chi connectivity index (χ4v) is 2.17. The normalized spacial score (nSPS) is 12.4. The van der Waals surface area contributed by atoms with Crippen LogP contribution < -0.4 is 5.32 Å². The third kappa shape index (κ3) is 4.08. The Bertz CT molecular complexity index is 527. The van der Waals surface area contributed by atoms with Crippen molar-refractivity contribution < 1.29 is 0 Å². The maximum absolute atomic E-state index is 4.50. The van der Waals surface area contributed by atoms with Crippen molar-refractivity contribution in [2.24, 2.45) is 0 Å². The van der Waals surface area contributed by atoms with E-state index in [2.05, 4.69) is 43.1 Å². The van der Waals surface area contributed by atoms with Crippen LogP contribution in [0.1, 0.15) is 30.2 Å². The zero-order valence-electron chi connectivity index (χ0n) is 11.1. The van der Waals surface area contributed by atoms with Crippen molar-refractivity contribution in [3.63, 3.8) is 0 Å². The monoisotopic (exact) mass is 320 g/mol. The van der Waals surface area contributed by atoms with Crippen molar-refractivity contribution in [3.8, 4) is 0 Å². The molecule has 0 saturated heterocycles. The lowest BCUT2D eigenvalue weighted by molar-refractivity contribution is 0.528. The molecule has 100 valence electrons. The van der Waals surface area contributed by atoms with Crippen LogP contribution >= 0.6 is 15.9 Å². The summed E-state index contributed by atoms with van der Waals surface area (Å²) in [5, 5.41) is 3.45. The Morgan fingerprint density at radius 1 is 1.26 bits per heavy atom. The Labute approximate surface area is 121 Å². The maximum atomic E-state index is 4.50. The van der Waals surface area contributed by atoms with Gasteiger partial charge in [0.1, 0.15) is 5.82 Å². The summed E-state index contributed by atoms with van der Waals surface area (Å²) in [6.07, 6.45) is 4.44. The van der Waals surface area contributed by atoms with Gasteiger partial charge in [0.25, 0.3) is 0 Å². The number of nitrogens with one attached hydrogen (secondary N) is 1. The molecule has 2 aromatic rings. The minimum absolute atomic E-state index is 0.167. The molecule has 0 bridgehead atoms. The van der Waals surface area contributed by atoms with Crippen LogP contribution in [0.4, 0.5) is 0 Å². The zero-order chi connectivity index (χ0) is 13.7. The summed E-state index contributed by atoms with van der Waals surface area (Å²) in [5.74, 6) is 0.796. The first-order valence-corrected chi connectivity index (χ1v) is 7.11. The highest BCUT2D eigenvalue weighted by atomic mass is 79.9. The van der Waals surface area contributed by atoms with Gasteiger partial charge >= 0.3 is 0 Å². The average molecular weight is 321 g/mol. The third-order valence-electron chi connectivity index (χ3n) is 2.81. The fraction of sp³-hybridized carbons (Fsp3) is 0.357. The van der Waals surface area contributed by atoms with Crippen molar-refractivity contribution in [1.82, 2.24) is 20.3 Å². The Kier molecular flexibility index (Phi) is 4.99. The van der Waals surface area contributed by atoms with E-state index in [-0.39, 0.29) is 6.04 Å². The van der Waals surface area contributed by atoms with Crippen molar-refractivity contribution >= 4 is 15.9 Å². The molecule has 2 rings (SSSR count). The summed E-state index contributed by atoms with van der Waals surface area (Å²) in [6, 6.07) is 6.17. The van der Waals surface area contributed by atoms with E-state index in [1.54, 1.807) is 6.20 Å². The summed E-state index contributed by atoms with van der Waals surface area (Å²) in [5.41, 5.74) is 2.06. The number of rotatable bonds is 5. The highest BCUT2D eigenvalue weighted by Crippen LogP contribution is 2.16.